The molecule has 1 atom stereocenters. The number of aliphatic hydroxyl groups excluding tert-OH is 1. The first-order valence-corrected chi connectivity index (χ1v) is 5.58. The highest BCUT2D eigenvalue weighted by atomic mass is 16.6. The fraction of sp³-hybridized carbons (Fsp3) is 0.417. The summed E-state index contributed by atoms with van der Waals surface area (Å²) < 4.78 is 5.36. The molecular formula is C12H18N2O4. The van der Waals surface area contributed by atoms with Crippen LogP contribution < -0.4 is 16.0 Å². The van der Waals surface area contributed by atoms with E-state index in [0.29, 0.717) is 5.75 Å². The molecule has 18 heavy (non-hydrogen) atoms. The van der Waals surface area contributed by atoms with E-state index in [1.165, 1.54) is 0 Å². The minimum absolute atomic E-state index is 0.135. The lowest BCUT2D eigenvalue weighted by Gasteiger charge is -2.13. The molecule has 1 aromatic rings. The molecule has 0 saturated carbocycles. The van der Waals surface area contributed by atoms with E-state index in [4.69, 9.17) is 15.3 Å². The van der Waals surface area contributed by atoms with Crippen molar-refractivity contribution in [1.82, 2.24) is 5.48 Å². The first-order chi connectivity index (χ1) is 8.58. The SMILES string of the molecule is Cc1ccc(OCC(O)CNOCC(N)=O)cc1. The fourth-order valence-corrected chi connectivity index (χ4v) is 1.16. The Balaban J connectivity index is 2.14. The van der Waals surface area contributed by atoms with Crippen LogP contribution in [0.25, 0.3) is 0 Å². The number of ether oxygens (including phenoxy) is 1. The molecule has 1 unspecified atom stereocenters. The van der Waals surface area contributed by atoms with E-state index in [9.17, 15) is 9.90 Å². The number of aliphatic hydroxyl groups is 1. The van der Waals surface area contributed by atoms with E-state index in [0.717, 1.165) is 5.56 Å². The van der Waals surface area contributed by atoms with Crippen LogP contribution in [0.2, 0.25) is 0 Å². The summed E-state index contributed by atoms with van der Waals surface area (Å²) in [5, 5.41) is 9.55. The number of rotatable bonds is 8. The number of hydrogen-bond acceptors (Lipinski definition) is 5. The van der Waals surface area contributed by atoms with Crippen LogP contribution in [-0.2, 0) is 9.63 Å². The average Bonchev–Trinajstić information content (AvgIpc) is 2.34. The Kier molecular flexibility index (Phi) is 6.13. The molecule has 0 aliphatic heterocycles. The Morgan fingerprint density at radius 3 is 2.72 bits per heavy atom. The lowest BCUT2D eigenvalue weighted by Crippen LogP contribution is -2.33. The highest BCUT2D eigenvalue weighted by Crippen LogP contribution is 2.11. The van der Waals surface area contributed by atoms with Gasteiger partial charge in [0.25, 0.3) is 0 Å². The largest absolute Gasteiger partial charge is 0.491 e. The fourth-order valence-electron chi connectivity index (χ4n) is 1.16. The van der Waals surface area contributed by atoms with Crippen LogP contribution >= 0.6 is 0 Å². The number of carbonyl (C=O) groups excluding carboxylic acids is 1. The molecule has 100 valence electrons. The van der Waals surface area contributed by atoms with Crippen molar-refractivity contribution in [3.8, 4) is 5.75 Å². The maximum atomic E-state index is 10.4. The zero-order valence-corrected chi connectivity index (χ0v) is 10.3. The predicted octanol–water partition coefficient (Wildman–Crippen LogP) is -0.259. The Bertz CT molecular complexity index is 367. The minimum atomic E-state index is -0.737. The van der Waals surface area contributed by atoms with Crippen molar-refractivity contribution in [2.45, 2.75) is 13.0 Å². The normalized spacial score (nSPS) is 12.1. The molecule has 0 radical (unpaired) electrons. The number of hydrogen-bond donors (Lipinski definition) is 3. The molecular weight excluding hydrogens is 236 g/mol. The molecule has 0 aliphatic rings. The number of carbonyl (C=O) groups is 1. The van der Waals surface area contributed by atoms with Gasteiger partial charge in [-0.2, -0.15) is 5.48 Å². The lowest BCUT2D eigenvalue weighted by atomic mass is 10.2. The van der Waals surface area contributed by atoms with Gasteiger partial charge in [-0.15, -0.1) is 0 Å². The van der Waals surface area contributed by atoms with Gasteiger partial charge in [0.05, 0.1) is 6.54 Å². The quantitative estimate of drug-likeness (QED) is 0.439. The van der Waals surface area contributed by atoms with Crippen LogP contribution in [0.5, 0.6) is 5.75 Å². The second-order valence-corrected chi connectivity index (χ2v) is 3.88. The average molecular weight is 254 g/mol. The molecule has 4 N–H and O–H groups in total. The summed E-state index contributed by atoms with van der Waals surface area (Å²) in [5.41, 5.74) is 8.44. The van der Waals surface area contributed by atoms with E-state index < -0.39 is 12.0 Å². The number of nitrogens with two attached hydrogens (primary N) is 1. The third kappa shape index (κ3) is 6.19. The second-order valence-electron chi connectivity index (χ2n) is 3.88. The Hall–Kier alpha value is -1.63. The van der Waals surface area contributed by atoms with Gasteiger partial charge in [-0.3, -0.25) is 9.63 Å². The summed E-state index contributed by atoms with van der Waals surface area (Å²) in [4.78, 5) is 15.0. The van der Waals surface area contributed by atoms with Gasteiger partial charge >= 0.3 is 0 Å². The van der Waals surface area contributed by atoms with Crippen LogP contribution in [-0.4, -0.2) is 36.9 Å². The van der Waals surface area contributed by atoms with Crippen molar-refractivity contribution in [2.75, 3.05) is 19.8 Å². The number of hydroxylamine groups is 1. The van der Waals surface area contributed by atoms with Gasteiger partial charge in [0.1, 0.15) is 25.1 Å². The molecule has 6 nitrogen and oxygen atoms in total. The van der Waals surface area contributed by atoms with Crippen LogP contribution in [0, 0.1) is 6.92 Å². The number of primary amides is 1. The van der Waals surface area contributed by atoms with Gasteiger partial charge in [-0.1, -0.05) is 17.7 Å². The summed E-state index contributed by atoms with van der Waals surface area (Å²) >= 11 is 0. The number of benzene rings is 1. The summed E-state index contributed by atoms with van der Waals surface area (Å²) in [6, 6.07) is 7.52. The monoisotopic (exact) mass is 254 g/mol. The molecule has 0 aromatic heterocycles. The highest BCUT2D eigenvalue weighted by molar-refractivity contribution is 5.74. The zero-order chi connectivity index (χ0) is 13.4. The molecule has 0 aliphatic carbocycles. The van der Waals surface area contributed by atoms with Crippen LogP contribution in [0.3, 0.4) is 0 Å². The minimum Gasteiger partial charge on any atom is -0.491 e. The van der Waals surface area contributed by atoms with Crippen LogP contribution in [0.15, 0.2) is 24.3 Å². The summed E-state index contributed by atoms with van der Waals surface area (Å²) in [5.74, 6) is 0.116. The van der Waals surface area contributed by atoms with E-state index in [2.05, 4.69) is 5.48 Å². The van der Waals surface area contributed by atoms with E-state index in [-0.39, 0.29) is 19.8 Å². The molecule has 1 aromatic carbocycles. The van der Waals surface area contributed by atoms with Gasteiger partial charge in [0.2, 0.25) is 5.91 Å². The van der Waals surface area contributed by atoms with Crippen LogP contribution in [0.4, 0.5) is 0 Å². The topological polar surface area (TPSA) is 93.8 Å². The van der Waals surface area contributed by atoms with E-state index >= 15 is 0 Å². The lowest BCUT2D eigenvalue weighted by molar-refractivity contribution is -0.125. The van der Waals surface area contributed by atoms with Crippen molar-refractivity contribution in [3.05, 3.63) is 29.8 Å². The maximum Gasteiger partial charge on any atom is 0.245 e. The molecule has 1 amide bonds. The first kappa shape index (κ1) is 14.4. The summed E-state index contributed by atoms with van der Waals surface area (Å²) in [6.45, 7) is 2.04. The molecule has 6 heteroatoms. The van der Waals surface area contributed by atoms with Crippen molar-refractivity contribution in [1.29, 1.82) is 0 Å². The zero-order valence-electron chi connectivity index (χ0n) is 10.3. The van der Waals surface area contributed by atoms with Gasteiger partial charge in [-0.05, 0) is 19.1 Å². The van der Waals surface area contributed by atoms with Gasteiger partial charge < -0.3 is 15.6 Å². The van der Waals surface area contributed by atoms with Crippen molar-refractivity contribution in [2.24, 2.45) is 5.73 Å². The smallest absolute Gasteiger partial charge is 0.245 e. The third-order valence-corrected chi connectivity index (χ3v) is 2.10. The highest BCUT2D eigenvalue weighted by Gasteiger charge is 2.05. The van der Waals surface area contributed by atoms with Gasteiger partial charge in [0.15, 0.2) is 0 Å². The van der Waals surface area contributed by atoms with Crippen molar-refractivity contribution < 1.29 is 19.5 Å². The van der Waals surface area contributed by atoms with Crippen molar-refractivity contribution >= 4 is 5.91 Å². The standard InChI is InChI=1S/C12H18N2O4/c1-9-2-4-11(5-3-9)17-7-10(15)6-14-18-8-12(13)16/h2-5,10,14-15H,6-8H2,1H3,(H2,13,16). The Morgan fingerprint density at radius 2 is 2.11 bits per heavy atom. The van der Waals surface area contributed by atoms with Crippen LogP contribution in [0.1, 0.15) is 5.56 Å². The second kappa shape index (κ2) is 7.65. The summed E-state index contributed by atoms with van der Waals surface area (Å²) in [6.07, 6.45) is -0.737. The molecule has 0 spiro atoms. The molecule has 0 fully saturated rings. The number of amides is 1. The van der Waals surface area contributed by atoms with E-state index in [1.807, 2.05) is 31.2 Å². The van der Waals surface area contributed by atoms with E-state index in [1.54, 1.807) is 0 Å². The Morgan fingerprint density at radius 1 is 1.44 bits per heavy atom. The van der Waals surface area contributed by atoms with Gasteiger partial charge in [-0.25, -0.2) is 0 Å². The van der Waals surface area contributed by atoms with Gasteiger partial charge in [0, 0.05) is 0 Å². The molecule has 0 saturated heterocycles. The first-order valence-electron chi connectivity index (χ1n) is 5.58. The third-order valence-electron chi connectivity index (χ3n) is 2.10. The Labute approximate surface area is 106 Å². The maximum absolute atomic E-state index is 10.4. The predicted molar refractivity (Wildman–Crippen MR) is 65.8 cm³/mol. The molecule has 0 bridgehead atoms. The summed E-state index contributed by atoms with van der Waals surface area (Å²) in [7, 11) is 0. The molecule has 0 heterocycles. The number of aryl methyl sites for hydroxylation is 1. The molecule has 1 rings (SSSR count). The van der Waals surface area contributed by atoms with Crippen molar-refractivity contribution in [3.63, 3.8) is 0 Å². The number of nitrogens with one attached hydrogen (secondary N) is 1.